The van der Waals surface area contributed by atoms with Gasteiger partial charge in [-0.15, -0.1) is 0 Å². The second-order valence-electron chi connectivity index (χ2n) is 5.88. The minimum Gasteiger partial charge on any atom is -0.497 e. The Hall–Kier alpha value is -2.08. The number of ether oxygens (including phenoxy) is 2. The zero-order valence-corrected chi connectivity index (χ0v) is 13.7. The third-order valence-corrected chi connectivity index (χ3v) is 4.35. The van der Waals surface area contributed by atoms with Crippen LogP contribution in [0.3, 0.4) is 0 Å². The third-order valence-electron chi connectivity index (χ3n) is 4.35. The molecule has 0 aromatic heterocycles. The van der Waals surface area contributed by atoms with E-state index in [-0.39, 0.29) is 24.3 Å². The van der Waals surface area contributed by atoms with Gasteiger partial charge in [-0.05, 0) is 23.6 Å². The van der Waals surface area contributed by atoms with Gasteiger partial charge < -0.3 is 19.5 Å². The summed E-state index contributed by atoms with van der Waals surface area (Å²) in [6.07, 6.45) is 0.380. The number of carboxylic acid groups (broad SMARTS) is 1. The SMILES string of the molecule is COc1cccc(C(C)CC(=O)N2CC(OC)CC2C(=O)O)c1. The van der Waals surface area contributed by atoms with Crippen molar-refractivity contribution < 1.29 is 24.2 Å². The van der Waals surface area contributed by atoms with Gasteiger partial charge in [0.05, 0.1) is 13.2 Å². The summed E-state index contributed by atoms with van der Waals surface area (Å²) in [5.74, 6) is -0.418. The van der Waals surface area contributed by atoms with Crippen LogP contribution in [-0.4, -0.2) is 54.8 Å². The molecule has 1 amide bonds. The van der Waals surface area contributed by atoms with Gasteiger partial charge in [-0.1, -0.05) is 19.1 Å². The van der Waals surface area contributed by atoms with Crippen LogP contribution in [0.15, 0.2) is 24.3 Å². The first kappa shape index (κ1) is 17.3. The molecular formula is C17H23NO5. The van der Waals surface area contributed by atoms with Crippen LogP contribution in [0.5, 0.6) is 5.75 Å². The summed E-state index contributed by atoms with van der Waals surface area (Å²) < 4.78 is 10.4. The zero-order chi connectivity index (χ0) is 17.0. The molecule has 0 bridgehead atoms. The summed E-state index contributed by atoms with van der Waals surface area (Å²) >= 11 is 0. The van der Waals surface area contributed by atoms with Crippen molar-refractivity contribution in [2.24, 2.45) is 0 Å². The van der Waals surface area contributed by atoms with Gasteiger partial charge in [-0.25, -0.2) is 4.79 Å². The lowest BCUT2D eigenvalue weighted by Gasteiger charge is -2.23. The van der Waals surface area contributed by atoms with Crippen LogP contribution in [0.2, 0.25) is 0 Å². The molecule has 1 aromatic rings. The molecule has 0 spiro atoms. The monoisotopic (exact) mass is 321 g/mol. The van der Waals surface area contributed by atoms with E-state index in [9.17, 15) is 14.7 Å². The van der Waals surface area contributed by atoms with Crippen molar-refractivity contribution in [2.45, 2.75) is 37.8 Å². The van der Waals surface area contributed by atoms with E-state index in [4.69, 9.17) is 9.47 Å². The van der Waals surface area contributed by atoms with Gasteiger partial charge in [0.15, 0.2) is 0 Å². The smallest absolute Gasteiger partial charge is 0.326 e. The van der Waals surface area contributed by atoms with Gasteiger partial charge >= 0.3 is 5.97 Å². The predicted octanol–water partition coefficient (Wildman–Crippen LogP) is 1.89. The number of hydrogen-bond donors (Lipinski definition) is 1. The van der Waals surface area contributed by atoms with Crippen LogP contribution in [0, 0.1) is 0 Å². The average Bonchev–Trinajstić information content (AvgIpc) is 2.99. The Morgan fingerprint density at radius 1 is 1.39 bits per heavy atom. The van der Waals surface area contributed by atoms with Crippen molar-refractivity contribution in [3.05, 3.63) is 29.8 Å². The maximum Gasteiger partial charge on any atom is 0.326 e. The van der Waals surface area contributed by atoms with Gasteiger partial charge in [-0.3, -0.25) is 4.79 Å². The largest absolute Gasteiger partial charge is 0.497 e. The first-order chi connectivity index (χ1) is 11.0. The first-order valence-electron chi connectivity index (χ1n) is 7.65. The summed E-state index contributed by atoms with van der Waals surface area (Å²) in [5.41, 5.74) is 0.993. The van der Waals surface area contributed by atoms with E-state index in [2.05, 4.69) is 0 Å². The van der Waals surface area contributed by atoms with Gasteiger partial charge in [-0.2, -0.15) is 0 Å². The van der Waals surface area contributed by atoms with E-state index < -0.39 is 12.0 Å². The minimum atomic E-state index is -0.980. The number of methoxy groups -OCH3 is 2. The highest BCUT2D eigenvalue weighted by atomic mass is 16.5. The molecule has 1 heterocycles. The van der Waals surface area contributed by atoms with Crippen molar-refractivity contribution in [2.75, 3.05) is 20.8 Å². The zero-order valence-electron chi connectivity index (χ0n) is 13.7. The number of rotatable bonds is 6. The molecular weight excluding hydrogens is 298 g/mol. The van der Waals surface area contributed by atoms with E-state index in [0.29, 0.717) is 13.0 Å². The normalized spacial score (nSPS) is 22.0. The Labute approximate surface area is 136 Å². The molecule has 0 saturated carbocycles. The molecule has 6 heteroatoms. The van der Waals surface area contributed by atoms with Crippen LogP contribution in [0.4, 0.5) is 0 Å². The molecule has 0 aliphatic carbocycles. The second kappa shape index (κ2) is 7.46. The van der Waals surface area contributed by atoms with Crippen LogP contribution in [0.25, 0.3) is 0 Å². The fourth-order valence-electron chi connectivity index (χ4n) is 2.92. The van der Waals surface area contributed by atoms with Crippen molar-refractivity contribution in [3.63, 3.8) is 0 Å². The Morgan fingerprint density at radius 3 is 2.74 bits per heavy atom. The highest BCUT2D eigenvalue weighted by molar-refractivity contribution is 5.85. The number of aliphatic carboxylic acids is 1. The number of amides is 1. The predicted molar refractivity (Wildman–Crippen MR) is 84.6 cm³/mol. The molecule has 1 N–H and O–H groups in total. The van der Waals surface area contributed by atoms with Gasteiger partial charge in [0.1, 0.15) is 11.8 Å². The number of carboxylic acids is 1. The topological polar surface area (TPSA) is 76.1 Å². The number of nitrogens with zero attached hydrogens (tertiary/aromatic N) is 1. The van der Waals surface area contributed by atoms with Gasteiger partial charge in [0.2, 0.25) is 5.91 Å². The van der Waals surface area contributed by atoms with Crippen LogP contribution in [-0.2, 0) is 14.3 Å². The van der Waals surface area contributed by atoms with Crippen molar-refractivity contribution in [1.29, 1.82) is 0 Å². The fraction of sp³-hybridized carbons (Fsp3) is 0.529. The van der Waals surface area contributed by atoms with E-state index in [1.54, 1.807) is 7.11 Å². The number of carbonyl (C=O) groups excluding carboxylic acids is 1. The van der Waals surface area contributed by atoms with Crippen LogP contribution in [0.1, 0.15) is 31.2 Å². The molecule has 23 heavy (non-hydrogen) atoms. The number of hydrogen-bond acceptors (Lipinski definition) is 4. The van der Waals surface area contributed by atoms with Gasteiger partial charge in [0.25, 0.3) is 0 Å². The van der Waals surface area contributed by atoms with E-state index >= 15 is 0 Å². The van der Waals surface area contributed by atoms with E-state index in [1.807, 2.05) is 31.2 Å². The van der Waals surface area contributed by atoms with Crippen molar-refractivity contribution in [3.8, 4) is 5.75 Å². The van der Waals surface area contributed by atoms with Crippen molar-refractivity contribution >= 4 is 11.9 Å². The fourth-order valence-corrected chi connectivity index (χ4v) is 2.92. The Kier molecular flexibility index (Phi) is 5.60. The lowest BCUT2D eigenvalue weighted by atomic mass is 9.97. The summed E-state index contributed by atoms with van der Waals surface area (Å²) in [6, 6.07) is 6.77. The molecule has 3 unspecified atom stereocenters. The van der Waals surface area contributed by atoms with Crippen molar-refractivity contribution in [1.82, 2.24) is 4.90 Å². The molecule has 1 saturated heterocycles. The standard InChI is InChI=1S/C17H23NO5/c1-11(12-5-4-6-13(8-12)22-2)7-16(19)18-10-14(23-3)9-15(18)17(20)21/h4-6,8,11,14-15H,7,9-10H2,1-3H3,(H,20,21). The van der Waals surface area contributed by atoms with Gasteiger partial charge in [0, 0.05) is 26.5 Å². The molecule has 1 aromatic carbocycles. The third kappa shape index (κ3) is 4.01. The summed E-state index contributed by atoms with van der Waals surface area (Å²) in [4.78, 5) is 25.3. The molecule has 6 nitrogen and oxygen atoms in total. The lowest BCUT2D eigenvalue weighted by molar-refractivity contribution is -0.148. The molecule has 1 aliphatic heterocycles. The first-order valence-corrected chi connectivity index (χ1v) is 7.65. The number of carbonyl (C=O) groups is 2. The number of likely N-dealkylation sites (tertiary alicyclic amines) is 1. The Morgan fingerprint density at radius 2 is 2.13 bits per heavy atom. The molecule has 3 atom stereocenters. The summed E-state index contributed by atoms with van der Waals surface area (Å²) in [5, 5.41) is 9.30. The lowest BCUT2D eigenvalue weighted by Crippen LogP contribution is -2.41. The maximum atomic E-state index is 12.5. The summed E-state index contributed by atoms with van der Waals surface area (Å²) in [7, 11) is 3.14. The quantitative estimate of drug-likeness (QED) is 0.866. The minimum absolute atomic E-state index is 0.0198. The Bertz CT molecular complexity index is 574. The molecule has 126 valence electrons. The van der Waals surface area contributed by atoms with E-state index in [0.717, 1.165) is 11.3 Å². The van der Waals surface area contributed by atoms with Crippen LogP contribution >= 0.6 is 0 Å². The molecule has 1 fully saturated rings. The highest BCUT2D eigenvalue weighted by Gasteiger charge is 2.39. The second-order valence-corrected chi connectivity index (χ2v) is 5.88. The molecule has 0 radical (unpaired) electrons. The van der Waals surface area contributed by atoms with Crippen LogP contribution < -0.4 is 4.74 Å². The maximum absolute atomic E-state index is 12.5. The average molecular weight is 321 g/mol. The summed E-state index contributed by atoms with van der Waals surface area (Å²) in [6.45, 7) is 2.28. The Balaban J connectivity index is 2.06. The molecule has 2 rings (SSSR count). The highest BCUT2D eigenvalue weighted by Crippen LogP contribution is 2.27. The molecule has 1 aliphatic rings. The van der Waals surface area contributed by atoms with E-state index in [1.165, 1.54) is 12.0 Å². The number of benzene rings is 1.